The minimum absolute atomic E-state index is 0.161. The summed E-state index contributed by atoms with van der Waals surface area (Å²) in [6, 6.07) is 8.75. The number of rotatable bonds is 1. The average molecular weight is 299 g/mol. The Morgan fingerprint density at radius 2 is 1.82 bits per heavy atom. The Balaban J connectivity index is 1.95. The summed E-state index contributed by atoms with van der Waals surface area (Å²) in [6.45, 7) is 5.43. The highest BCUT2D eigenvalue weighted by atomic mass is 16.6. The number of aromatic amines is 2. The van der Waals surface area contributed by atoms with Crippen LogP contribution in [0.15, 0.2) is 35.1 Å². The zero-order chi connectivity index (χ0) is 15.9. The molecule has 2 aromatic heterocycles. The van der Waals surface area contributed by atoms with Gasteiger partial charge in [-0.2, -0.15) is 0 Å². The fraction of sp³-hybridized carbons (Fsp3) is 0.250. The third kappa shape index (κ3) is 2.81. The lowest BCUT2D eigenvalue weighted by Gasteiger charge is -2.19. The van der Waals surface area contributed by atoms with Gasteiger partial charge in [-0.05, 0) is 39.0 Å². The highest BCUT2D eigenvalue weighted by Crippen LogP contribution is 2.26. The fourth-order valence-electron chi connectivity index (χ4n) is 2.31. The van der Waals surface area contributed by atoms with Gasteiger partial charge in [-0.15, -0.1) is 0 Å². The molecule has 0 aliphatic heterocycles. The zero-order valence-electron chi connectivity index (χ0n) is 12.6. The second-order valence-electron chi connectivity index (χ2n) is 6.12. The number of aromatic nitrogens is 2. The number of nitrogens with one attached hydrogen (secondary N) is 3. The number of anilines is 1. The molecule has 0 fully saturated rings. The largest absolute Gasteiger partial charge is 0.444 e. The van der Waals surface area contributed by atoms with Crippen molar-refractivity contribution in [3.63, 3.8) is 0 Å². The number of hydrogen-bond acceptors (Lipinski definition) is 3. The van der Waals surface area contributed by atoms with Gasteiger partial charge in [-0.1, -0.05) is 6.07 Å². The maximum Gasteiger partial charge on any atom is 0.412 e. The van der Waals surface area contributed by atoms with Crippen molar-refractivity contribution in [2.24, 2.45) is 0 Å². The van der Waals surface area contributed by atoms with Crippen LogP contribution in [0.5, 0.6) is 0 Å². The first-order valence-corrected chi connectivity index (χ1v) is 6.97. The quantitative estimate of drug-likeness (QED) is 0.644. The molecule has 114 valence electrons. The van der Waals surface area contributed by atoms with Gasteiger partial charge in [0, 0.05) is 28.0 Å². The summed E-state index contributed by atoms with van der Waals surface area (Å²) in [7, 11) is 0. The van der Waals surface area contributed by atoms with Crippen molar-refractivity contribution in [2.45, 2.75) is 26.4 Å². The Kier molecular flexibility index (Phi) is 3.16. The second-order valence-corrected chi connectivity index (χ2v) is 6.12. The van der Waals surface area contributed by atoms with Gasteiger partial charge in [0.05, 0.1) is 0 Å². The summed E-state index contributed by atoms with van der Waals surface area (Å²) in [5.41, 5.74) is 1.40. The lowest BCUT2D eigenvalue weighted by molar-refractivity contribution is 0.0636. The second kappa shape index (κ2) is 4.91. The van der Waals surface area contributed by atoms with Gasteiger partial charge < -0.3 is 14.7 Å². The van der Waals surface area contributed by atoms with Crippen molar-refractivity contribution in [2.75, 3.05) is 5.32 Å². The smallest absolute Gasteiger partial charge is 0.412 e. The van der Waals surface area contributed by atoms with E-state index in [1.807, 2.05) is 26.8 Å². The van der Waals surface area contributed by atoms with Crippen LogP contribution in [0.1, 0.15) is 20.8 Å². The number of carbonyl (C=O) groups is 1. The van der Waals surface area contributed by atoms with E-state index in [2.05, 4.69) is 15.3 Å². The van der Waals surface area contributed by atoms with E-state index in [1.54, 1.807) is 18.2 Å². The molecule has 1 aromatic carbocycles. The number of benzene rings is 1. The first-order valence-electron chi connectivity index (χ1n) is 6.97. The highest BCUT2D eigenvalue weighted by Gasteiger charge is 2.16. The molecule has 0 saturated heterocycles. The van der Waals surface area contributed by atoms with E-state index in [1.165, 1.54) is 6.07 Å². The predicted molar refractivity (Wildman–Crippen MR) is 86.3 cm³/mol. The molecule has 3 N–H and O–H groups in total. The number of pyridine rings is 1. The number of hydrogen-bond donors (Lipinski definition) is 3. The SMILES string of the molecule is CC(C)(C)OC(=O)Nc1ccc2c(c1)[nH]c1[nH]c(=O)ccc12. The molecule has 0 atom stereocenters. The van der Waals surface area contributed by atoms with Gasteiger partial charge in [-0.3, -0.25) is 10.1 Å². The van der Waals surface area contributed by atoms with E-state index in [-0.39, 0.29) is 5.56 Å². The van der Waals surface area contributed by atoms with Crippen molar-refractivity contribution < 1.29 is 9.53 Å². The average Bonchev–Trinajstić information content (AvgIpc) is 2.72. The lowest BCUT2D eigenvalue weighted by Crippen LogP contribution is -2.27. The third-order valence-corrected chi connectivity index (χ3v) is 3.13. The van der Waals surface area contributed by atoms with E-state index in [0.717, 1.165) is 16.3 Å². The standard InChI is InChI=1S/C16H17N3O3/c1-16(2,3)22-15(21)17-9-4-5-10-11-6-7-13(20)19-14(11)18-12(10)8-9/h4-8H,1-3H3,(H,17,21)(H2,18,19,20). The maximum absolute atomic E-state index is 11.8. The van der Waals surface area contributed by atoms with E-state index in [0.29, 0.717) is 11.3 Å². The van der Waals surface area contributed by atoms with E-state index in [9.17, 15) is 9.59 Å². The Labute approximate surface area is 126 Å². The Morgan fingerprint density at radius 3 is 2.55 bits per heavy atom. The summed E-state index contributed by atoms with van der Waals surface area (Å²) >= 11 is 0. The molecule has 0 radical (unpaired) electrons. The van der Waals surface area contributed by atoms with Crippen LogP contribution < -0.4 is 10.9 Å². The summed E-state index contributed by atoms with van der Waals surface area (Å²) in [5.74, 6) is 0. The van der Waals surface area contributed by atoms with Gasteiger partial charge in [0.2, 0.25) is 5.56 Å². The number of ether oxygens (including phenoxy) is 1. The Bertz CT molecular complexity index is 916. The van der Waals surface area contributed by atoms with Gasteiger partial charge in [0.25, 0.3) is 0 Å². The molecule has 0 bridgehead atoms. The Morgan fingerprint density at radius 1 is 1.09 bits per heavy atom. The van der Waals surface area contributed by atoms with Crippen LogP contribution in [-0.2, 0) is 4.74 Å². The van der Waals surface area contributed by atoms with Gasteiger partial charge >= 0.3 is 6.09 Å². The van der Waals surface area contributed by atoms with E-state index < -0.39 is 11.7 Å². The molecule has 1 amide bonds. The molecule has 0 aliphatic rings. The summed E-state index contributed by atoms with van der Waals surface area (Å²) < 4.78 is 5.22. The minimum Gasteiger partial charge on any atom is -0.444 e. The molecular weight excluding hydrogens is 282 g/mol. The van der Waals surface area contributed by atoms with Crippen LogP contribution in [0.3, 0.4) is 0 Å². The molecule has 3 aromatic rings. The molecule has 0 spiro atoms. The Hall–Kier alpha value is -2.76. The number of fused-ring (bicyclic) bond motifs is 3. The normalized spacial score (nSPS) is 11.8. The monoisotopic (exact) mass is 299 g/mol. The topological polar surface area (TPSA) is 87.0 Å². The van der Waals surface area contributed by atoms with Crippen molar-refractivity contribution in [1.29, 1.82) is 0 Å². The lowest BCUT2D eigenvalue weighted by atomic mass is 10.2. The molecular formula is C16H17N3O3. The van der Waals surface area contributed by atoms with Gasteiger partial charge in [0.1, 0.15) is 11.2 Å². The van der Waals surface area contributed by atoms with Crippen LogP contribution in [-0.4, -0.2) is 21.7 Å². The highest BCUT2D eigenvalue weighted by molar-refractivity contribution is 6.07. The maximum atomic E-state index is 11.8. The number of carbonyl (C=O) groups excluding carboxylic acids is 1. The molecule has 2 heterocycles. The molecule has 6 heteroatoms. The van der Waals surface area contributed by atoms with Crippen LogP contribution in [0.2, 0.25) is 0 Å². The van der Waals surface area contributed by atoms with Crippen molar-refractivity contribution >= 4 is 33.7 Å². The first-order chi connectivity index (χ1) is 10.3. The minimum atomic E-state index is -0.547. The number of H-pyrrole nitrogens is 2. The number of amides is 1. The van der Waals surface area contributed by atoms with Crippen molar-refractivity contribution in [3.8, 4) is 0 Å². The van der Waals surface area contributed by atoms with E-state index >= 15 is 0 Å². The van der Waals surface area contributed by atoms with Crippen molar-refractivity contribution in [1.82, 2.24) is 9.97 Å². The van der Waals surface area contributed by atoms with Gasteiger partial charge in [0.15, 0.2) is 0 Å². The van der Waals surface area contributed by atoms with Crippen LogP contribution in [0.4, 0.5) is 10.5 Å². The molecule has 0 saturated carbocycles. The molecule has 0 unspecified atom stereocenters. The molecule has 3 rings (SSSR count). The van der Waals surface area contributed by atoms with Gasteiger partial charge in [-0.25, -0.2) is 4.79 Å². The van der Waals surface area contributed by atoms with Crippen LogP contribution in [0, 0.1) is 0 Å². The van der Waals surface area contributed by atoms with E-state index in [4.69, 9.17) is 4.74 Å². The van der Waals surface area contributed by atoms with Crippen molar-refractivity contribution in [3.05, 3.63) is 40.7 Å². The summed E-state index contributed by atoms with van der Waals surface area (Å²) in [6.07, 6.45) is -0.503. The third-order valence-electron chi connectivity index (χ3n) is 3.13. The predicted octanol–water partition coefficient (Wildman–Crippen LogP) is 3.36. The molecule has 22 heavy (non-hydrogen) atoms. The summed E-state index contributed by atoms with van der Waals surface area (Å²) in [5, 5.41) is 4.60. The fourth-order valence-corrected chi connectivity index (χ4v) is 2.31. The molecule has 6 nitrogen and oxygen atoms in total. The van der Waals surface area contributed by atoms with Crippen LogP contribution in [0.25, 0.3) is 21.9 Å². The van der Waals surface area contributed by atoms with Crippen LogP contribution >= 0.6 is 0 Å². The zero-order valence-corrected chi connectivity index (χ0v) is 12.6. The molecule has 0 aliphatic carbocycles. The first kappa shape index (κ1) is 14.2. The summed E-state index contributed by atoms with van der Waals surface area (Å²) in [4.78, 5) is 29.0.